The van der Waals surface area contributed by atoms with E-state index in [1.165, 1.54) is 6.07 Å². The monoisotopic (exact) mass is 455 g/mol. The molecule has 1 aliphatic carbocycles. The Morgan fingerprint density at radius 3 is 2.63 bits per heavy atom. The summed E-state index contributed by atoms with van der Waals surface area (Å²) in [4.78, 5) is 16.2. The van der Waals surface area contributed by atoms with Crippen molar-refractivity contribution in [2.45, 2.75) is 49.5 Å². The molecule has 3 fully saturated rings. The first-order valence-electron chi connectivity index (χ1n) is 10.8. The van der Waals surface area contributed by atoms with Crippen LogP contribution in [0.2, 0.25) is 5.02 Å². The molecule has 2 atom stereocenters. The Hall–Kier alpha value is -1.35. The van der Waals surface area contributed by atoms with Crippen molar-refractivity contribution in [2.24, 2.45) is 11.8 Å². The number of anilines is 1. The molecule has 2 heterocycles. The zero-order valence-corrected chi connectivity index (χ0v) is 18.7. The number of aliphatic hydroxyl groups is 1. The van der Waals surface area contributed by atoms with E-state index in [0.29, 0.717) is 23.4 Å². The molecule has 1 aromatic carbocycles. The number of benzene rings is 1. The fraction of sp³-hybridized carbons (Fsp3) is 0.667. The van der Waals surface area contributed by atoms with Crippen molar-refractivity contribution < 1.29 is 18.3 Å². The fourth-order valence-corrected chi connectivity index (χ4v) is 6.04. The van der Waals surface area contributed by atoms with Gasteiger partial charge in [0.1, 0.15) is 0 Å². The van der Waals surface area contributed by atoms with Crippen molar-refractivity contribution in [1.82, 2.24) is 9.62 Å². The molecule has 2 unspecified atom stereocenters. The number of amides is 1. The van der Waals surface area contributed by atoms with E-state index in [0.717, 1.165) is 57.4 Å². The largest absolute Gasteiger partial charge is 0.396 e. The molecule has 0 radical (unpaired) electrons. The third-order valence-electron chi connectivity index (χ3n) is 6.39. The van der Waals surface area contributed by atoms with Gasteiger partial charge in [-0.15, -0.1) is 0 Å². The second-order valence-electron chi connectivity index (χ2n) is 8.84. The minimum Gasteiger partial charge on any atom is -0.396 e. The van der Waals surface area contributed by atoms with Gasteiger partial charge in [-0.05, 0) is 62.1 Å². The number of carbonyl (C=O) groups is 1. The molecule has 7 nitrogen and oxygen atoms in total. The van der Waals surface area contributed by atoms with E-state index < -0.39 is 16.1 Å². The molecule has 0 aromatic heterocycles. The smallest absolute Gasteiger partial charge is 0.240 e. The molecule has 1 amide bonds. The number of likely N-dealkylation sites (tertiary alicyclic amines) is 1. The maximum Gasteiger partial charge on any atom is 0.240 e. The van der Waals surface area contributed by atoms with Crippen LogP contribution in [0.1, 0.15) is 38.5 Å². The quantitative estimate of drug-likeness (QED) is 0.658. The van der Waals surface area contributed by atoms with E-state index in [4.69, 9.17) is 11.6 Å². The number of hydrogen-bond donors (Lipinski definition) is 2. The van der Waals surface area contributed by atoms with Crippen LogP contribution in [0.25, 0.3) is 0 Å². The van der Waals surface area contributed by atoms with Gasteiger partial charge in [0.25, 0.3) is 0 Å². The predicted molar refractivity (Wildman–Crippen MR) is 116 cm³/mol. The van der Waals surface area contributed by atoms with E-state index in [-0.39, 0.29) is 23.8 Å². The summed E-state index contributed by atoms with van der Waals surface area (Å²) in [5.74, 6) is 0.916. The number of sulfonamides is 1. The van der Waals surface area contributed by atoms with Gasteiger partial charge < -0.3 is 14.9 Å². The highest BCUT2D eigenvalue weighted by Gasteiger charge is 2.36. The van der Waals surface area contributed by atoms with Crippen molar-refractivity contribution in [2.75, 3.05) is 37.7 Å². The molecule has 3 aliphatic rings. The molecular weight excluding hydrogens is 426 g/mol. The van der Waals surface area contributed by atoms with Crippen LogP contribution in [0.3, 0.4) is 0 Å². The Bertz CT molecular complexity index is 890. The van der Waals surface area contributed by atoms with Crippen molar-refractivity contribution in [1.29, 1.82) is 0 Å². The highest BCUT2D eigenvalue weighted by molar-refractivity contribution is 7.89. The molecule has 30 heavy (non-hydrogen) atoms. The molecule has 0 bridgehead atoms. The van der Waals surface area contributed by atoms with Crippen LogP contribution in [0.15, 0.2) is 23.1 Å². The second-order valence-corrected chi connectivity index (χ2v) is 11.0. The summed E-state index contributed by atoms with van der Waals surface area (Å²) in [6.07, 6.45) is 5.36. The normalized spacial score (nSPS) is 25.6. The number of halogens is 1. The third kappa shape index (κ3) is 5.10. The summed E-state index contributed by atoms with van der Waals surface area (Å²) in [7, 11) is -3.76. The first kappa shape index (κ1) is 21.9. The Kier molecular flexibility index (Phi) is 6.58. The Morgan fingerprint density at radius 2 is 1.93 bits per heavy atom. The summed E-state index contributed by atoms with van der Waals surface area (Å²) in [5.41, 5.74) is 0.820. The zero-order valence-electron chi connectivity index (χ0n) is 17.1. The molecule has 2 N–H and O–H groups in total. The van der Waals surface area contributed by atoms with Gasteiger partial charge in [-0.25, -0.2) is 13.1 Å². The van der Waals surface area contributed by atoms with Gasteiger partial charge in [-0.3, -0.25) is 4.79 Å². The average Bonchev–Trinajstić information content (AvgIpc) is 3.48. The number of carbonyl (C=O) groups excluding carboxylic acids is 1. The second kappa shape index (κ2) is 9.02. The van der Waals surface area contributed by atoms with Crippen LogP contribution < -0.4 is 9.62 Å². The van der Waals surface area contributed by atoms with E-state index in [9.17, 15) is 18.3 Å². The van der Waals surface area contributed by atoms with Gasteiger partial charge in [0, 0.05) is 45.2 Å². The summed E-state index contributed by atoms with van der Waals surface area (Å²) in [5, 5.41) is 9.81. The van der Waals surface area contributed by atoms with Gasteiger partial charge in [0.15, 0.2) is 0 Å². The predicted octanol–water partition coefficient (Wildman–Crippen LogP) is 2.23. The molecule has 2 saturated heterocycles. The Morgan fingerprint density at radius 1 is 1.13 bits per heavy atom. The number of nitrogens with zero attached hydrogens (tertiary/aromatic N) is 2. The number of nitrogens with one attached hydrogen (secondary N) is 1. The summed E-state index contributed by atoms with van der Waals surface area (Å²) in [6, 6.07) is 4.43. The first-order chi connectivity index (χ1) is 14.4. The van der Waals surface area contributed by atoms with E-state index in [1.807, 2.05) is 0 Å². The fourth-order valence-electron chi connectivity index (χ4n) is 4.43. The maximum absolute atomic E-state index is 12.9. The molecular formula is C21H30ClN3O4S. The lowest BCUT2D eigenvalue weighted by Gasteiger charge is -2.24. The topological polar surface area (TPSA) is 90.0 Å². The van der Waals surface area contributed by atoms with Crippen LogP contribution >= 0.6 is 11.6 Å². The summed E-state index contributed by atoms with van der Waals surface area (Å²) >= 11 is 6.47. The minimum absolute atomic E-state index is 0.0188. The maximum atomic E-state index is 12.9. The van der Waals surface area contributed by atoms with Gasteiger partial charge in [-0.2, -0.15) is 0 Å². The van der Waals surface area contributed by atoms with Crippen LogP contribution in [0.5, 0.6) is 0 Å². The molecule has 1 aromatic rings. The minimum atomic E-state index is -3.76. The Labute approximate surface area is 183 Å². The summed E-state index contributed by atoms with van der Waals surface area (Å²) < 4.78 is 28.4. The molecule has 0 spiro atoms. The molecule has 9 heteroatoms. The van der Waals surface area contributed by atoms with Crippen LogP contribution in [0, 0.1) is 11.8 Å². The first-order valence-corrected chi connectivity index (χ1v) is 12.7. The van der Waals surface area contributed by atoms with Crippen LogP contribution in [0.4, 0.5) is 5.69 Å². The van der Waals surface area contributed by atoms with Crippen LogP contribution in [-0.2, 0) is 14.8 Å². The SMILES string of the molecule is O=C1CC(NS(=O)(=O)c2ccc(N3CCCC(CO)CC3)c(Cl)c2)CN1CC1CC1. The highest BCUT2D eigenvalue weighted by Crippen LogP contribution is 2.33. The molecule has 2 aliphatic heterocycles. The standard InChI is InChI=1S/C21H30ClN3O4S/c22-19-11-18(5-6-20(19)24-8-1-2-16(14-26)7-9-24)30(28,29)23-17-10-21(27)25(13-17)12-15-3-4-15/h5-6,11,15-17,23,26H,1-4,7-10,12-14H2. The van der Waals surface area contributed by atoms with Gasteiger partial charge in [0.05, 0.1) is 15.6 Å². The van der Waals surface area contributed by atoms with Crippen molar-refractivity contribution in [3.63, 3.8) is 0 Å². The van der Waals surface area contributed by atoms with Gasteiger partial charge >= 0.3 is 0 Å². The number of hydrogen-bond acceptors (Lipinski definition) is 5. The molecule has 1 saturated carbocycles. The highest BCUT2D eigenvalue weighted by atomic mass is 35.5. The lowest BCUT2D eigenvalue weighted by molar-refractivity contribution is -0.127. The Balaban J connectivity index is 1.42. The van der Waals surface area contributed by atoms with Gasteiger partial charge in [-0.1, -0.05) is 11.6 Å². The zero-order chi connectivity index (χ0) is 21.3. The number of aliphatic hydroxyl groups excluding tert-OH is 1. The van der Waals surface area contributed by atoms with Crippen LogP contribution in [-0.4, -0.2) is 63.2 Å². The van der Waals surface area contributed by atoms with E-state index in [2.05, 4.69) is 9.62 Å². The van der Waals surface area contributed by atoms with Crippen molar-refractivity contribution in [3.8, 4) is 0 Å². The molecule has 4 rings (SSSR count). The molecule has 166 valence electrons. The lowest BCUT2D eigenvalue weighted by Crippen LogP contribution is -2.37. The average molecular weight is 456 g/mol. The van der Waals surface area contributed by atoms with Crippen molar-refractivity contribution >= 4 is 33.2 Å². The summed E-state index contributed by atoms with van der Waals surface area (Å²) in [6.45, 7) is 2.99. The lowest BCUT2D eigenvalue weighted by atomic mass is 10.0. The van der Waals surface area contributed by atoms with E-state index in [1.54, 1.807) is 17.0 Å². The number of rotatable bonds is 7. The van der Waals surface area contributed by atoms with Gasteiger partial charge in [0.2, 0.25) is 15.9 Å². The third-order valence-corrected chi connectivity index (χ3v) is 8.21. The van der Waals surface area contributed by atoms with E-state index >= 15 is 0 Å². The van der Waals surface area contributed by atoms with Crippen molar-refractivity contribution in [3.05, 3.63) is 23.2 Å².